The van der Waals surface area contributed by atoms with Gasteiger partial charge in [0.25, 0.3) is 0 Å². The molecular formula is C25H33NO5S2. The first-order valence-electron chi connectivity index (χ1n) is 11.8. The molecular weight excluding hydrogens is 458 g/mol. The third-order valence-corrected chi connectivity index (χ3v) is 10.6. The molecule has 0 aliphatic carbocycles. The topological polar surface area (TPSA) is 80.8 Å². The van der Waals surface area contributed by atoms with Crippen molar-refractivity contribution in [2.75, 3.05) is 32.1 Å². The van der Waals surface area contributed by atoms with E-state index in [0.717, 1.165) is 38.5 Å². The molecule has 180 valence electrons. The quantitative estimate of drug-likeness (QED) is 0.586. The largest absolute Gasteiger partial charge is 0.381 e. The molecule has 2 aliphatic heterocycles. The minimum Gasteiger partial charge on any atom is -0.381 e. The van der Waals surface area contributed by atoms with Gasteiger partial charge in [-0.1, -0.05) is 30.3 Å². The Bertz CT molecular complexity index is 1110. The molecule has 2 aromatic rings. The highest BCUT2D eigenvalue weighted by molar-refractivity contribution is 7.91. The number of nitrogens with zero attached hydrogens (tertiary/aromatic N) is 1. The van der Waals surface area contributed by atoms with Crippen molar-refractivity contribution in [3.05, 3.63) is 60.2 Å². The summed E-state index contributed by atoms with van der Waals surface area (Å²) in [5.41, 5.74) is 1.29. The maximum absolute atomic E-state index is 13.2. The molecule has 2 fully saturated rings. The molecule has 0 saturated carbocycles. The van der Waals surface area contributed by atoms with E-state index in [0.29, 0.717) is 32.2 Å². The number of ether oxygens (including phenoxy) is 1. The van der Waals surface area contributed by atoms with Gasteiger partial charge in [0.1, 0.15) is 0 Å². The van der Waals surface area contributed by atoms with Gasteiger partial charge >= 0.3 is 0 Å². The van der Waals surface area contributed by atoms with Gasteiger partial charge in [0.05, 0.1) is 15.5 Å². The summed E-state index contributed by atoms with van der Waals surface area (Å²) in [5.74, 6) is 0.635. The summed E-state index contributed by atoms with van der Waals surface area (Å²) in [6.07, 6.45) is 5.11. The third-order valence-electron chi connectivity index (χ3n) is 6.79. The molecule has 2 aliphatic rings. The lowest BCUT2D eigenvalue weighted by atomic mass is 9.93. The molecule has 6 nitrogen and oxygen atoms in total. The minimum atomic E-state index is -3.65. The van der Waals surface area contributed by atoms with Gasteiger partial charge in [0, 0.05) is 26.3 Å². The van der Waals surface area contributed by atoms with Crippen LogP contribution in [0.25, 0.3) is 0 Å². The van der Waals surface area contributed by atoms with Crippen LogP contribution < -0.4 is 0 Å². The highest BCUT2D eigenvalue weighted by Crippen LogP contribution is 2.27. The molecule has 2 aromatic carbocycles. The van der Waals surface area contributed by atoms with Gasteiger partial charge in [-0.25, -0.2) is 16.8 Å². The van der Waals surface area contributed by atoms with Gasteiger partial charge < -0.3 is 4.74 Å². The van der Waals surface area contributed by atoms with Gasteiger partial charge in [-0.3, -0.25) is 0 Å². The maximum Gasteiger partial charge on any atom is 0.243 e. The molecule has 2 heterocycles. The van der Waals surface area contributed by atoms with Crippen molar-refractivity contribution in [2.45, 2.75) is 48.3 Å². The summed E-state index contributed by atoms with van der Waals surface area (Å²) in [6, 6.07) is 16.1. The molecule has 1 atom stereocenters. The average Bonchev–Trinajstić information content (AvgIpc) is 3.06. The molecule has 4 rings (SSSR count). The lowest BCUT2D eigenvalue weighted by Crippen LogP contribution is -2.32. The zero-order valence-corrected chi connectivity index (χ0v) is 20.6. The first kappa shape index (κ1) is 24.4. The average molecular weight is 492 g/mol. The van der Waals surface area contributed by atoms with Crippen molar-refractivity contribution in [1.82, 2.24) is 4.31 Å². The maximum atomic E-state index is 13.2. The molecule has 1 unspecified atom stereocenters. The number of benzene rings is 2. The smallest absolute Gasteiger partial charge is 0.243 e. The fourth-order valence-corrected chi connectivity index (χ4v) is 8.01. The van der Waals surface area contributed by atoms with E-state index >= 15 is 0 Å². The van der Waals surface area contributed by atoms with E-state index in [1.165, 1.54) is 29.8 Å². The number of hydrogen-bond donors (Lipinski definition) is 0. The van der Waals surface area contributed by atoms with E-state index in [1.807, 2.05) is 18.2 Å². The lowest BCUT2D eigenvalue weighted by Gasteiger charge is -2.22. The summed E-state index contributed by atoms with van der Waals surface area (Å²) < 4.78 is 58.9. The summed E-state index contributed by atoms with van der Waals surface area (Å²) in [7, 11) is -7.10. The standard InChI is InChI=1S/C25H33NO5S2/c27-32(28,20-23-13-17-31-18-14-23)24-8-10-25(11-9-24)33(29,30)26-15-4-7-22(12-16-26)19-21-5-2-1-3-6-21/h1-3,5-6,8-11,22-23H,4,7,12-20H2. The summed E-state index contributed by atoms with van der Waals surface area (Å²) in [6.45, 7) is 2.18. The Balaban J connectivity index is 1.40. The Kier molecular flexibility index (Phi) is 7.89. The van der Waals surface area contributed by atoms with Crippen molar-refractivity contribution < 1.29 is 21.6 Å². The van der Waals surface area contributed by atoms with Crippen LogP contribution in [-0.2, 0) is 31.0 Å². The fourth-order valence-electron chi connectivity index (χ4n) is 4.82. The van der Waals surface area contributed by atoms with Crippen molar-refractivity contribution in [3.63, 3.8) is 0 Å². The SMILES string of the molecule is O=S(=O)(CC1CCOCC1)c1ccc(S(=O)(=O)N2CCCC(Cc3ccccc3)CC2)cc1. The van der Waals surface area contributed by atoms with Gasteiger partial charge in [0.2, 0.25) is 10.0 Å². The van der Waals surface area contributed by atoms with E-state index in [1.54, 1.807) is 4.31 Å². The Morgan fingerprint density at radius 3 is 2.12 bits per heavy atom. The lowest BCUT2D eigenvalue weighted by molar-refractivity contribution is 0.0723. The van der Waals surface area contributed by atoms with E-state index in [-0.39, 0.29) is 21.5 Å². The molecule has 2 saturated heterocycles. The number of sulfone groups is 1. The zero-order valence-electron chi connectivity index (χ0n) is 18.9. The second-order valence-electron chi connectivity index (χ2n) is 9.20. The van der Waals surface area contributed by atoms with E-state index in [2.05, 4.69) is 12.1 Å². The molecule has 8 heteroatoms. The normalized spacial score (nSPS) is 21.5. The first-order chi connectivity index (χ1) is 15.8. The highest BCUT2D eigenvalue weighted by Gasteiger charge is 2.29. The number of hydrogen-bond acceptors (Lipinski definition) is 5. The van der Waals surface area contributed by atoms with Gasteiger partial charge in [-0.2, -0.15) is 4.31 Å². The Morgan fingerprint density at radius 2 is 1.42 bits per heavy atom. The van der Waals surface area contributed by atoms with E-state index in [9.17, 15) is 16.8 Å². The molecule has 33 heavy (non-hydrogen) atoms. The van der Waals surface area contributed by atoms with E-state index in [4.69, 9.17) is 4.74 Å². The highest BCUT2D eigenvalue weighted by atomic mass is 32.2. The molecule has 0 radical (unpaired) electrons. The van der Waals surface area contributed by atoms with Crippen molar-refractivity contribution in [3.8, 4) is 0 Å². The van der Waals surface area contributed by atoms with E-state index < -0.39 is 19.9 Å². The Labute approximate surface area is 197 Å². The molecule has 0 spiro atoms. The van der Waals surface area contributed by atoms with Gasteiger partial charge in [0.15, 0.2) is 9.84 Å². The van der Waals surface area contributed by atoms with Crippen LogP contribution in [0.1, 0.15) is 37.7 Å². The van der Waals surface area contributed by atoms with Crippen LogP contribution in [0.15, 0.2) is 64.4 Å². The number of sulfonamides is 1. The van der Waals surface area contributed by atoms with Crippen LogP contribution in [0.3, 0.4) is 0 Å². The van der Waals surface area contributed by atoms with Crippen LogP contribution in [0.5, 0.6) is 0 Å². The first-order valence-corrected chi connectivity index (χ1v) is 14.9. The molecule has 0 amide bonds. The molecule has 0 N–H and O–H groups in total. The third kappa shape index (κ3) is 6.23. The second kappa shape index (κ2) is 10.7. The number of rotatable bonds is 7. The van der Waals surface area contributed by atoms with Gasteiger partial charge in [-0.15, -0.1) is 0 Å². The van der Waals surface area contributed by atoms with Crippen LogP contribution in [0.2, 0.25) is 0 Å². The summed E-state index contributed by atoms with van der Waals surface area (Å²) in [5, 5.41) is 0. The van der Waals surface area contributed by atoms with Crippen LogP contribution in [0, 0.1) is 11.8 Å². The minimum absolute atomic E-state index is 0.0807. The Morgan fingerprint density at radius 1 is 0.758 bits per heavy atom. The predicted molar refractivity (Wildman–Crippen MR) is 128 cm³/mol. The Hall–Kier alpha value is -1.74. The second-order valence-corrected chi connectivity index (χ2v) is 13.2. The van der Waals surface area contributed by atoms with Gasteiger partial charge in [-0.05, 0) is 80.2 Å². The van der Waals surface area contributed by atoms with Crippen LogP contribution in [0.4, 0.5) is 0 Å². The predicted octanol–water partition coefficient (Wildman–Crippen LogP) is 3.92. The van der Waals surface area contributed by atoms with Crippen molar-refractivity contribution >= 4 is 19.9 Å². The zero-order chi connectivity index (χ0) is 23.3. The van der Waals surface area contributed by atoms with Crippen molar-refractivity contribution in [2.24, 2.45) is 11.8 Å². The molecule has 0 bridgehead atoms. The molecule has 0 aromatic heterocycles. The van der Waals surface area contributed by atoms with Crippen LogP contribution in [-0.4, -0.2) is 53.2 Å². The summed E-state index contributed by atoms with van der Waals surface area (Å²) in [4.78, 5) is 0.348. The fraction of sp³-hybridized carbons (Fsp3) is 0.520. The van der Waals surface area contributed by atoms with Crippen molar-refractivity contribution in [1.29, 1.82) is 0 Å². The monoisotopic (exact) mass is 491 g/mol. The van der Waals surface area contributed by atoms with Crippen LogP contribution >= 0.6 is 0 Å². The summed E-state index contributed by atoms with van der Waals surface area (Å²) >= 11 is 0.